The molecule has 0 radical (unpaired) electrons. The van der Waals surface area contributed by atoms with Crippen molar-refractivity contribution < 1.29 is 9.53 Å². The fourth-order valence-electron chi connectivity index (χ4n) is 2.86. The number of carbonyl (C=O) groups is 1. The van der Waals surface area contributed by atoms with E-state index in [1.165, 1.54) is 0 Å². The first-order valence-corrected chi connectivity index (χ1v) is 7.49. The number of nitrogens with zero attached hydrogens (tertiary/aromatic N) is 1. The van der Waals surface area contributed by atoms with Gasteiger partial charge in [-0.1, -0.05) is 34.1 Å². The topological polar surface area (TPSA) is 29.5 Å². The molecule has 0 N–H and O–H groups in total. The first-order valence-electron chi connectivity index (χ1n) is 6.36. The van der Waals surface area contributed by atoms with Crippen LogP contribution in [0.4, 0.5) is 0 Å². The zero-order chi connectivity index (χ0) is 12.5. The van der Waals surface area contributed by atoms with Gasteiger partial charge in [-0.3, -0.25) is 4.79 Å². The normalized spacial score (nSPS) is 26.9. The van der Waals surface area contributed by atoms with Crippen LogP contribution in [0.1, 0.15) is 24.4 Å². The predicted octanol–water partition coefficient (Wildman–Crippen LogP) is 2.75. The third-order valence-electron chi connectivity index (χ3n) is 3.76. The lowest BCUT2D eigenvalue weighted by molar-refractivity contribution is -0.130. The Morgan fingerprint density at radius 3 is 3.00 bits per heavy atom. The molecule has 1 aromatic rings. The average Bonchev–Trinajstić information content (AvgIpc) is 2.79. The molecule has 3 rings (SSSR count). The Morgan fingerprint density at radius 1 is 1.39 bits per heavy atom. The number of ether oxygens (including phenoxy) is 1. The molecule has 0 bridgehead atoms. The molecule has 0 aromatic heterocycles. The zero-order valence-electron chi connectivity index (χ0n) is 10.1. The molecule has 3 nitrogen and oxygen atoms in total. The van der Waals surface area contributed by atoms with Crippen LogP contribution in [0.3, 0.4) is 0 Å². The summed E-state index contributed by atoms with van der Waals surface area (Å²) < 4.78 is 5.65. The first kappa shape index (κ1) is 12.0. The molecule has 2 atom stereocenters. The molecule has 2 aliphatic heterocycles. The number of hydrogen-bond donors (Lipinski definition) is 0. The number of hydrogen-bond acceptors (Lipinski definition) is 2. The van der Waals surface area contributed by atoms with Crippen molar-refractivity contribution in [2.24, 2.45) is 5.92 Å². The number of halogens is 1. The Labute approximate surface area is 115 Å². The van der Waals surface area contributed by atoms with Crippen molar-refractivity contribution in [3.63, 3.8) is 0 Å². The van der Waals surface area contributed by atoms with Crippen LogP contribution in [0.25, 0.3) is 0 Å². The van der Waals surface area contributed by atoms with Crippen molar-refractivity contribution in [2.45, 2.75) is 18.9 Å². The molecule has 0 saturated carbocycles. The van der Waals surface area contributed by atoms with Crippen molar-refractivity contribution in [1.29, 1.82) is 0 Å². The molecule has 2 heterocycles. The highest BCUT2D eigenvalue weighted by Gasteiger charge is 2.36. The van der Waals surface area contributed by atoms with Gasteiger partial charge >= 0.3 is 0 Å². The predicted molar refractivity (Wildman–Crippen MR) is 72.9 cm³/mol. The number of alkyl halides is 1. The van der Waals surface area contributed by atoms with Gasteiger partial charge in [0.15, 0.2) is 0 Å². The number of rotatable bonds is 2. The SMILES string of the molecule is O=C1CC(CBr)CN1C1CCOc2ccccc21. The van der Waals surface area contributed by atoms with Crippen LogP contribution in [0.15, 0.2) is 24.3 Å². The number of carbonyl (C=O) groups excluding carboxylic acids is 1. The number of amides is 1. The summed E-state index contributed by atoms with van der Waals surface area (Å²) in [7, 11) is 0. The number of fused-ring (bicyclic) bond motifs is 1. The van der Waals surface area contributed by atoms with Crippen molar-refractivity contribution in [3.8, 4) is 5.75 Å². The second-order valence-electron chi connectivity index (χ2n) is 4.96. The number of para-hydroxylation sites is 1. The lowest BCUT2D eigenvalue weighted by Crippen LogP contribution is -2.33. The monoisotopic (exact) mass is 309 g/mol. The summed E-state index contributed by atoms with van der Waals surface area (Å²) in [5.41, 5.74) is 1.16. The Bertz CT molecular complexity index is 463. The third kappa shape index (κ3) is 2.03. The van der Waals surface area contributed by atoms with Crippen molar-refractivity contribution in [1.82, 2.24) is 4.90 Å². The van der Waals surface area contributed by atoms with Crippen molar-refractivity contribution >= 4 is 21.8 Å². The second-order valence-corrected chi connectivity index (χ2v) is 5.61. The van der Waals surface area contributed by atoms with Crippen molar-refractivity contribution in [3.05, 3.63) is 29.8 Å². The van der Waals surface area contributed by atoms with Crippen LogP contribution in [0.2, 0.25) is 0 Å². The molecule has 0 spiro atoms. The standard InChI is InChI=1S/C14H16BrNO2/c15-8-10-7-14(17)16(9-10)12-5-6-18-13-4-2-1-3-11(12)13/h1-4,10,12H,5-9H2. The second kappa shape index (κ2) is 4.92. The van der Waals surface area contributed by atoms with Crippen molar-refractivity contribution in [2.75, 3.05) is 18.5 Å². The fraction of sp³-hybridized carbons (Fsp3) is 0.500. The smallest absolute Gasteiger partial charge is 0.223 e. The quantitative estimate of drug-likeness (QED) is 0.786. The lowest BCUT2D eigenvalue weighted by atomic mass is 9.99. The van der Waals surface area contributed by atoms with E-state index in [9.17, 15) is 4.79 Å². The largest absolute Gasteiger partial charge is 0.493 e. The lowest BCUT2D eigenvalue weighted by Gasteiger charge is -2.33. The highest BCUT2D eigenvalue weighted by atomic mass is 79.9. The Kier molecular flexibility index (Phi) is 3.29. The number of benzene rings is 1. The van der Waals surface area contributed by atoms with Gasteiger partial charge in [-0.15, -0.1) is 0 Å². The summed E-state index contributed by atoms with van der Waals surface area (Å²) in [6, 6.07) is 8.27. The van der Waals surface area contributed by atoms with Gasteiger partial charge in [-0.25, -0.2) is 0 Å². The molecule has 4 heteroatoms. The van der Waals surface area contributed by atoms with Gasteiger partial charge in [0, 0.05) is 30.3 Å². The maximum atomic E-state index is 12.1. The molecule has 96 valence electrons. The minimum absolute atomic E-state index is 0.200. The van der Waals surface area contributed by atoms with Crippen LogP contribution in [-0.4, -0.2) is 29.3 Å². The summed E-state index contributed by atoms with van der Waals surface area (Å²) in [4.78, 5) is 14.2. The number of likely N-dealkylation sites (tertiary alicyclic amines) is 1. The third-order valence-corrected chi connectivity index (χ3v) is 4.68. The van der Waals surface area contributed by atoms with Gasteiger partial charge in [-0.2, -0.15) is 0 Å². The highest BCUT2D eigenvalue weighted by molar-refractivity contribution is 9.09. The molecular formula is C14H16BrNO2. The minimum Gasteiger partial charge on any atom is -0.493 e. The van der Waals surface area contributed by atoms with Crippen LogP contribution < -0.4 is 4.74 Å². The molecule has 2 unspecified atom stereocenters. The summed E-state index contributed by atoms with van der Waals surface area (Å²) in [6.07, 6.45) is 1.57. The van der Waals surface area contributed by atoms with Gasteiger partial charge in [0.05, 0.1) is 12.6 Å². The molecule has 18 heavy (non-hydrogen) atoms. The maximum Gasteiger partial charge on any atom is 0.223 e. The van der Waals surface area contributed by atoms with Gasteiger partial charge < -0.3 is 9.64 Å². The molecule has 1 amide bonds. The van der Waals surface area contributed by atoms with E-state index in [2.05, 4.69) is 22.0 Å². The van der Waals surface area contributed by atoms with Gasteiger partial charge in [0.1, 0.15) is 5.75 Å². The fourth-order valence-corrected chi connectivity index (χ4v) is 3.29. The van der Waals surface area contributed by atoms with Gasteiger partial charge in [-0.05, 0) is 12.0 Å². The van der Waals surface area contributed by atoms with E-state index in [0.29, 0.717) is 18.9 Å². The van der Waals surface area contributed by atoms with E-state index >= 15 is 0 Å². The zero-order valence-corrected chi connectivity index (χ0v) is 11.7. The van der Waals surface area contributed by atoms with Crippen LogP contribution in [-0.2, 0) is 4.79 Å². The van der Waals surface area contributed by atoms with Crippen LogP contribution in [0, 0.1) is 5.92 Å². The van der Waals surface area contributed by atoms with Crippen LogP contribution >= 0.6 is 15.9 Å². The van der Waals surface area contributed by atoms with E-state index in [1.807, 2.05) is 23.1 Å². The van der Waals surface area contributed by atoms with E-state index in [1.54, 1.807) is 0 Å². The molecule has 0 aliphatic carbocycles. The minimum atomic E-state index is 0.200. The Hall–Kier alpha value is -1.03. The van der Waals surface area contributed by atoms with E-state index in [-0.39, 0.29) is 11.9 Å². The van der Waals surface area contributed by atoms with Crippen LogP contribution in [0.5, 0.6) is 5.75 Å². The average molecular weight is 310 g/mol. The van der Waals surface area contributed by atoms with E-state index < -0.39 is 0 Å². The molecule has 1 aromatic carbocycles. The molecule has 1 fully saturated rings. The van der Waals surface area contributed by atoms with Gasteiger partial charge in [0.25, 0.3) is 0 Å². The summed E-state index contributed by atoms with van der Waals surface area (Å²) in [6.45, 7) is 1.56. The van der Waals surface area contributed by atoms with E-state index in [0.717, 1.165) is 29.6 Å². The summed E-state index contributed by atoms with van der Waals surface area (Å²) in [5.74, 6) is 1.66. The molecular weight excluding hydrogens is 294 g/mol. The highest BCUT2D eigenvalue weighted by Crippen LogP contribution is 2.38. The summed E-state index contributed by atoms with van der Waals surface area (Å²) in [5, 5.41) is 0.903. The summed E-state index contributed by atoms with van der Waals surface area (Å²) >= 11 is 3.48. The molecule has 1 saturated heterocycles. The molecule has 2 aliphatic rings. The first-order chi connectivity index (χ1) is 8.79. The van der Waals surface area contributed by atoms with Gasteiger partial charge in [0.2, 0.25) is 5.91 Å². The Morgan fingerprint density at radius 2 is 2.22 bits per heavy atom. The van der Waals surface area contributed by atoms with E-state index in [4.69, 9.17) is 4.74 Å². The Balaban J connectivity index is 1.88. The maximum absolute atomic E-state index is 12.1.